The molecule has 0 spiro atoms. The standard InChI is InChI=1S/C23H24N2O3/c26-23(16-5-3-6-17(13-16)28-15-18-7-4-12-27-18)25-11-10-22-20(14-25)19-8-1-2-9-21(19)24-22/h1-3,5-6,8-9,13,18,24H,4,7,10-12,14-15H2/t18-/m0/s1. The minimum atomic E-state index is 0.0542. The molecule has 1 atom stereocenters. The maximum Gasteiger partial charge on any atom is 0.254 e. The quantitative estimate of drug-likeness (QED) is 0.751. The molecule has 1 N–H and O–H groups in total. The molecule has 28 heavy (non-hydrogen) atoms. The van der Waals surface area contributed by atoms with Gasteiger partial charge >= 0.3 is 0 Å². The highest BCUT2D eigenvalue weighted by atomic mass is 16.5. The maximum absolute atomic E-state index is 13.1. The van der Waals surface area contributed by atoms with Crippen molar-refractivity contribution in [3.05, 3.63) is 65.4 Å². The summed E-state index contributed by atoms with van der Waals surface area (Å²) in [5.41, 5.74) is 4.30. The first kappa shape index (κ1) is 17.3. The van der Waals surface area contributed by atoms with Crippen LogP contribution in [0.25, 0.3) is 10.9 Å². The predicted octanol–water partition coefficient (Wildman–Crippen LogP) is 3.92. The number of nitrogens with one attached hydrogen (secondary N) is 1. The van der Waals surface area contributed by atoms with Crippen LogP contribution in [0, 0.1) is 0 Å². The molecule has 0 aliphatic carbocycles. The lowest BCUT2D eigenvalue weighted by molar-refractivity contribution is 0.0676. The van der Waals surface area contributed by atoms with Gasteiger partial charge in [-0.3, -0.25) is 4.79 Å². The molecule has 0 bridgehead atoms. The highest BCUT2D eigenvalue weighted by Crippen LogP contribution is 2.28. The highest BCUT2D eigenvalue weighted by molar-refractivity contribution is 5.95. The van der Waals surface area contributed by atoms with Crippen LogP contribution in [0.1, 0.15) is 34.5 Å². The summed E-state index contributed by atoms with van der Waals surface area (Å²) < 4.78 is 11.5. The SMILES string of the molecule is O=C(c1cccc(OC[C@@H]2CCCO2)c1)N1CCc2[nH]c3ccccc3c2C1. The zero-order chi connectivity index (χ0) is 18.9. The Hall–Kier alpha value is -2.79. The van der Waals surface area contributed by atoms with E-state index < -0.39 is 0 Å². The number of nitrogens with zero attached hydrogens (tertiary/aromatic N) is 1. The van der Waals surface area contributed by atoms with Gasteiger partial charge in [0, 0.05) is 53.8 Å². The Kier molecular flexibility index (Phi) is 4.53. The normalized spacial score (nSPS) is 19.0. The molecule has 1 saturated heterocycles. The van der Waals surface area contributed by atoms with Gasteiger partial charge in [0.25, 0.3) is 5.91 Å². The van der Waals surface area contributed by atoms with Gasteiger partial charge in [0.05, 0.1) is 6.10 Å². The zero-order valence-electron chi connectivity index (χ0n) is 15.8. The third kappa shape index (κ3) is 3.27. The van der Waals surface area contributed by atoms with Crippen molar-refractivity contribution < 1.29 is 14.3 Å². The second-order valence-corrected chi connectivity index (χ2v) is 7.58. The molecule has 5 heteroatoms. The Morgan fingerprint density at radius 1 is 1.21 bits per heavy atom. The van der Waals surface area contributed by atoms with E-state index in [-0.39, 0.29) is 12.0 Å². The number of hydrogen-bond acceptors (Lipinski definition) is 3. The van der Waals surface area contributed by atoms with Crippen LogP contribution in [0.2, 0.25) is 0 Å². The van der Waals surface area contributed by atoms with Crippen molar-refractivity contribution in [2.45, 2.75) is 31.9 Å². The zero-order valence-corrected chi connectivity index (χ0v) is 15.8. The molecule has 2 aromatic carbocycles. The monoisotopic (exact) mass is 376 g/mol. The highest BCUT2D eigenvalue weighted by Gasteiger charge is 2.25. The fourth-order valence-electron chi connectivity index (χ4n) is 4.21. The molecule has 1 fully saturated rings. The molecule has 3 aromatic rings. The summed E-state index contributed by atoms with van der Waals surface area (Å²) in [4.78, 5) is 18.5. The van der Waals surface area contributed by atoms with Crippen LogP contribution in [-0.2, 0) is 17.7 Å². The fourth-order valence-corrected chi connectivity index (χ4v) is 4.21. The minimum absolute atomic E-state index is 0.0542. The van der Waals surface area contributed by atoms with Crippen molar-refractivity contribution in [1.82, 2.24) is 9.88 Å². The van der Waals surface area contributed by atoms with E-state index in [1.807, 2.05) is 41.3 Å². The Labute approximate surface area is 164 Å². The van der Waals surface area contributed by atoms with Crippen LogP contribution >= 0.6 is 0 Å². The van der Waals surface area contributed by atoms with Crippen LogP contribution in [0.4, 0.5) is 0 Å². The lowest BCUT2D eigenvalue weighted by atomic mass is 10.0. The Balaban J connectivity index is 1.31. The van der Waals surface area contributed by atoms with Gasteiger partial charge in [0.2, 0.25) is 0 Å². The summed E-state index contributed by atoms with van der Waals surface area (Å²) in [6.07, 6.45) is 3.16. The number of H-pyrrole nitrogens is 1. The third-order valence-corrected chi connectivity index (χ3v) is 5.71. The molecule has 1 aromatic heterocycles. The maximum atomic E-state index is 13.1. The second kappa shape index (κ2) is 7.32. The lowest BCUT2D eigenvalue weighted by Gasteiger charge is -2.27. The number of ether oxygens (including phenoxy) is 2. The Morgan fingerprint density at radius 2 is 2.14 bits per heavy atom. The predicted molar refractivity (Wildman–Crippen MR) is 108 cm³/mol. The van der Waals surface area contributed by atoms with E-state index in [0.29, 0.717) is 18.7 Å². The van der Waals surface area contributed by atoms with Crippen molar-refractivity contribution in [3.63, 3.8) is 0 Å². The number of rotatable bonds is 4. The van der Waals surface area contributed by atoms with Crippen molar-refractivity contribution in [2.75, 3.05) is 19.8 Å². The molecule has 2 aliphatic rings. The van der Waals surface area contributed by atoms with E-state index in [4.69, 9.17) is 9.47 Å². The molecule has 2 aliphatic heterocycles. The van der Waals surface area contributed by atoms with Gasteiger partial charge in [-0.25, -0.2) is 0 Å². The molecule has 5 rings (SSSR count). The summed E-state index contributed by atoms with van der Waals surface area (Å²) in [5.74, 6) is 0.782. The Morgan fingerprint density at radius 3 is 3.04 bits per heavy atom. The van der Waals surface area contributed by atoms with E-state index >= 15 is 0 Å². The summed E-state index contributed by atoms with van der Waals surface area (Å²) in [5, 5.41) is 1.21. The summed E-state index contributed by atoms with van der Waals surface area (Å²) in [7, 11) is 0. The van der Waals surface area contributed by atoms with Gasteiger partial charge < -0.3 is 19.4 Å². The largest absolute Gasteiger partial charge is 0.491 e. The van der Waals surface area contributed by atoms with Gasteiger partial charge in [0.1, 0.15) is 12.4 Å². The Bertz CT molecular complexity index is 1000. The second-order valence-electron chi connectivity index (χ2n) is 7.58. The average molecular weight is 376 g/mol. The number of aromatic nitrogens is 1. The van der Waals surface area contributed by atoms with E-state index in [0.717, 1.165) is 43.7 Å². The molecule has 5 nitrogen and oxygen atoms in total. The first-order valence-electron chi connectivity index (χ1n) is 10.00. The molecule has 3 heterocycles. The van der Waals surface area contributed by atoms with Crippen LogP contribution in [0.15, 0.2) is 48.5 Å². The molecule has 0 radical (unpaired) electrons. The van der Waals surface area contributed by atoms with Gasteiger partial charge in [-0.05, 0) is 37.1 Å². The number of carbonyl (C=O) groups is 1. The molecular formula is C23H24N2O3. The molecule has 1 amide bonds. The third-order valence-electron chi connectivity index (χ3n) is 5.71. The minimum Gasteiger partial charge on any atom is -0.491 e. The fraction of sp³-hybridized carbons (Fsp3) is 0.348. The van der Waals surface area contributed by atoms with Crippen LogP contribution < -0.4 is 4.74 Å². The van der Waals surface area contributed by atoms with E-state index in [9.17, 15) is 4.79 Å². The average Bonchev–Trinajstić information content (AvgIpc) is 3.39. The number of fused-ring (bicyclic) bond motifs is 3. The van der Waals surface area contributed by atoms with Crippen LogP contribution in [0.5, 0.6) is 5.75 Å². The molecule has 0 unspecified atom stereocenters. The summed E-state index contributed by atoms with van der Waals surface area (Å²) in [6, 6.07) is 15.8. The molecule has 0 saturated carbocycles. The summed E-state index contributed by atoms with van der Waals surface area (Å²) >= 11 is 0. The van der Waals surface area contributed by atoms with Crippen molar-refractivity contribution >= 4 is 16.8 Å². The first-order chi connectivity index (χ1) is 13.8. The van der Waals surface area contributed by atoms with Crippen molar-refractivity contribution in [2.24, 2.45) is 0 Å². The van der Waals surface area contributed by atoms with Crippen molar-refractivity contribution in [1.29, 1.82) is 0 Å². The molecule has 144 valence electrons. The number of benzene rings is 2. The number of hydrogen-bond donors (Lipinski definition) is 1. The van der Waals surface area contributed by atoms with Gasteiger partial charge in [-0.1, -0.05) is 24.3 Å². The summed E-state index contributed by atoms with van der Waals surface area (Å²) in [6.45, 7) is 2.72. The van der Waals surface area contributed by atoms with Gasteiger partial charge in [0.15, 0.2) is 0 Å². The topological polar surface area (TPSA) is 54.6 Å². The van der Waals surface area contributed by atoms with Crippen LogP contribution in [0.3, 0.4) is 0 Å². The van der Waals surface area contributed by atoms with E-state index in [1.165, 1.54) is 16.6 Å². The first-order valence-corrected chi connectivity index (χ1v) is 10.00. The number of para-hydroxylation sites is 1. The van der Waals surface area contributed by atoms with E-state index in [2.05, 4.69) is 17.1 Å². The van der Waals surface area contributed by atoms with Gasteiger partial charge in [-0.15, -0.1) is 0 Å². The number of aromatic amines is 1. The lowest BCUT2D eigenvalue weighted by Crippen LogP contribution is -2.35. The molecular weight excluding hydrogens is 352 g/mol. The van der Waals surface area contributed by atoms with E-state index in [1.54, 1.807) is 0 Å². The van der Waals surface area contributed by atoms with Crippen molar-refractivity contribution in [3.8, 4) is 5.75 Å². The number of carbonyl (C=O) groups excluding carboxylic acids is 1. The smallest absolute Gasteiger partial charge is 0.254 e. The van der Waals surface area contributed by atoms with Gasteiger partial charge in [-0.2, -0.15) is 0 Å². The number of amides is 1. The van der Waals surface area contributed by atoms with Crippen LogP contribution in [-0.4, -0.2) is 41.7 Å².